The summed E-state index contributed by atoms with van der Waals surface area (Å²) in [5.74, 6) is 0. The maximum atomic E-state index is 11.9. The van der Waals surface area contributed by atoms with Gasteiger partial charge in [0.15, 0.2) is 5.13 Å². The molecular formula is C15H20N4O2S. The Morgan fingerprint density at radius 1 is 1.36 bits per heavy atom. The van der Waals surface area contributed by atoms with E-state index in [0.29, 0.717) is 6.54 Å². The standard InChI is InChI=1S/C15H20N4O2S/c1-19(2)15-17-12(10-22-15)8-16-14(21)18-13(9-20)11-6-4-3-5-7-11/h3-7,10,13,20H,8-9H2,1-2H3,(H2,16,18,21)/t13-/m1/s1. The lowest BCUT2D eigenvalue weighted by Gasteiger charge is -2.17. The van der Waals surface area contributed by atoms with Crippen LogP contribution in [0.5, 0.6) is 0 Å². The van der Waals surface area contributed by atoms with Crippen molar-refractivity contribution in [1.29, 1.82) is 0 Å². The van der Waals surface area contributed by atoms with Gasteiger partial charge in [0.1, 0.15) is 0 Å². The number of nitrogens with one attached hydrogen (secondary N) is 2. The smallest absolute Gasteiger partial charge is 0.315 e. The Morgan fingerprint density at radius 2 is 2.09 bits per heavy atom. The van der Waals surface area contributed by atoms with Crippen molar-refractivity contribution >= 4 is 22.5 Å². The molecule has 3 N–H and O–H groups in total. The number of aliphatic hydroxyl groups is 1. The highest BCUT2D eigenvalue weighted by atomic mass is 32.1. The molecule has 0 saturated carbocycles. The Bertz CT molecular complexity index is 601. The van der Waals surface area contributed by atoms with Gasteiger partial charge in [0, 0.05) is 19.5 Å². The van der Waals surface area contributed by atoms with E-state index in [1.54, 1.807) is 0 Å². The van der Waals surface area contributed by atoms with Crippen LogP contribution in [0.2, 0.25) is 0 Å². The zero-order chi connectivity index (χ0) is 15.9. The number of urea groups is 1. The summed E-state index contributed by atoms with van der Waals surface area (Å²) in [5.41, 5.74) is 1.67. The summed E-state index contributed by atoms with van der Waals surface area (Å²) < 4.78 is 0. The van der Waals surface area contributed by atoms with Gasteiger partial charge < -0.3 is 20.6 Å². The van der Waals surface area contributed by atoms with Gasteiger partial charge in [0.05, 0.1) is 24.9 Å². The second kappa shape index (κ2) is 7.77. The number of anilines is 1. The highest BCUT2D eigenvalue weighted by Crippen LogP contribution is 2.17. The van der Waals surface area contributed by atoms with Crippen molar-refractivity contribution in [3.8, 4) is 0 Å². The lowest BCUT2D eigenvalue weighted by atomic mass is 10.1. The van der Waals surface area contributed by atoms with Crippen molar-refractivity contribution in [3.05, 3.63) is 47.0 Å². The highest BCUT2D eigenvalue weighted by molar-refractivity contribution is 7.13. The van der Waals surface area contributed by atoms with E-state index in [9.17, 15) is 9.90 Å². The summed E-state index contributed by atoms with van der Waals surface area (Å²) in [6, 6.07) is 8.61. The lowest BCUT2D eigenvalue weighted by Crippen LogP contribution is -2.38. The third-order valence-electron chi connectivity index (χ3n) is 3.04. The van der Waals surface area contributed by atoms with Crippen molar-refractivity contribution in [2.45, 2.75) is 12.6 Å². The van der Waals surface area contributed by atoms with Gasteiger partial charge in [0.25, 0.3) is 0 Å². The number of amides is 2. The molecular weight excluding hydrogens is 300 g/mol. The fraction of sp³-hybridized carbons (Fsp3) is 0.333. The average Bonchev–Trinajstić information content (AvgIpc) is 3.01. The van der Waals surface area contributed by atoms with Crippen LogP contribution in [0, 0.1) is 0 Å². The third kappa shape index (κ3) is 4.44. The Morgan fingerprint density at radius 3 is 2.68 bits per heavy atom. The molecule has 22 heavy (non-hydrogen) atoms. The lowest BCUT2D eigenvalue weighted by molar-refractivity contribution is 0.216. The molecule has 2 amide bonds. The number of nitrogens with zero attached hydrogens (tertiary/aromatic N) is 2. The van der Waals surface area contributed by atoms with Crippen LogP contribution in [0.3, 0.4) is 0 Å². The third-order valence-corrected chi connectivity index (χ3v) is 4.10. The molecule has 0 unspecified atom stereocenters. The van der Waals surface area contributed by atoms with Crippen molar-refractivity contribution in [1.82, 2.24) is 15.6 Å². The number of aliphatic hydroxyl groups excluding tert-OH is 1. The van der Waals surface area contributed by atoms with Crippen LogP contribution in [0.1, 0.15) is 17.3 Å². The normalized spacial score (nSPS) is 11.8. The summed E-state index contributed by atoms with van der Waals surface area (Å²) in [7, 11) is 3.85. The molecule has 0 radical (unpaired) electrons. The minimum absolute atomic E-state index is 0.154. The molecule has 0 spiro atoms. The topological polar surface area (TPSA) is 77.5 Å². The molecule has 1 aromatic carbocycles. The number of benzene rings is 1. The molecule has 118 valence electrons. The minimum Gasteiger partial charge on any atom is -0.394 e. The van der Waals surface area contributed by atoms with Gasteiger partial charge in [-0.05, 0) is 5.56 Å². The predicted octanol–water partition coefficient (Wildman–Crippen LogP) is 1.74. The quantitative estimate of drug-likeness (QED) is 0.758. The van der Waals surface area contributed by atoms with E-state index >= 15 is 0 Å². The van der Waals surface area contributed by atoms with Crippen molar-refractivity contribution in [2.75, 3.05) is 25.6 Å². The summed E-state index contributed by atoms with van der Waals surface area (Å²) in [5, 5.41) is 17.7. The Balaban J connectivity index is 1.86. The van der Waals surface area contributed by atoms with Gasteiger partial charge in [-0.3, -0.25) is 0 Å². The number of rotatable bonds is 6. The molecule has 2 rings (SSSR count). The molecule has 0 aliphatic carbocycles. The van der Waals surface area contributed by atoms with Crippen LogP contribution in [0.4, 0.5) is 9.93 Å². The van der Waals surface area contributed by atoms with Gasteiger partial charge in [-0.15, -0.1) is 11.3 Å². The van der Waals surface area contributed by atoms with E-state index in [2.05, 4.69) is 15.6 Å². The molecule has 7 heteroatoms. The summed E-state index contributed by atoms with van der Waals surface area (Å²) >= 11 is 1.53. The van der Waals surface area contributed by atoms with E-state index in [1.807, 2.05) is 54.7 Å². The molecule has 1 heterocycles. The summed E-state index contributed by atoms with van der Waals surface area (Å²) in [6.07, 6.45) is 0. The number of hydrogen-bond acceptors (Lipinski definition) is 5. The molecule has 0 aliphatic rings. The van der Waals surface area contributed by atoms with Gasteiger partial charge >= 0.3 is 6.03 Å². The van der Waals surface area contributed by atoms with E-state index < -0.39 is 6.04 Å². The first-order valence-electron chi connectivity index (χ1n) is 6.92. The zero-order valence-corrected chi connectivity index (χ0v) is 13.4. The summed E-state index contributed by atoms with van der Waals surface area (Å²) in [6.45, 7) is 0.196. The Hall–Kier alpha value is -2.12. The fourth-order valence-electron chi connectivity index (χ4n) is 1.88. The van der Waals surface area contributed by atoms with Crippen LogP contribution < -0.4 is 15.5 Å². The van der Waals surface area contributed by atoms with E-state index in [-0.39, 0.29) is 12.6 Å². The van der Waals surface area contributed by atoms with Crippen molar-refractivity contribution < 1.29 is 9.90 Å². The van der Waals surface area contributed by atoms with Crippen molar-refractivity contribution in [2.24, 2.45) is 0 Å². The first kappa shape index (κ1) is 16.3. The maximum Gasteiger partial charge on any atom is 0.315 e. The Labute approximate surface area is 133 Å². The van der Waals surface area contributed by atoms with Gasteiger partial charge in [-0.2, -0.15) is 0 Å². The van der Waals surface area contributed by atoms with Gasteiger partial charge in [0.2, 0.25) is 0 Å². The molecule has 0 saturated heterocycles. The average molecular weight is 320 g/mol. The second-order valence-electron chi connectivity index (χ2n) is 4.99. The number of carbonyl (C=O) groups excluding carboxylic acids is 1. The number of aromatic nitrogens is 1. The van der Waals surface area contributed by atoms with Gasteiger partial charge in [-0.25, -0.2) is 9.78 Å². The molecule has 0 aliphatic heterocycles. The highest BCUT2D eigenvalue weighted by Gasteiger charge is 2.13. The maximum absolute atomic E-state index is 11.9. The van der Waals surface area contributed by atoms with Gasteiger partial charge in [-0.1, -0.05) is 30.3 Å². The molecule has 0 bridgehead atoms. The largest absolute Gasteiger partial charge is 0.394 e. The molecule has 6 nitrogen and oxygen atoms in total. The van der Waals surface area contributed by atoms with Crippen LogP contribution >= 0.6 is 11.3 Å². The summed E-state index contributed by atoms with van der Waals surface area (Å²) in [4.78, 5) is 18.2. The molecule has 0 fully saturated rings. The first-order chi connectivity index (χ1) is 10.6. The first-order valence-corrected chi connectivity index (χ1v) is 7.80. The Kier molecular flexibility index (Phi) is 5.74. The van der Waals surface area contributed by atoms with Crippen LogP contribution in [-0.4, -0.2) is 36.8 Å². The fourth-order valence-corrected chi connectivity index (χ4v) is 2.64. The molecule has 2 aromatic rings. The van der Waals surface area contributed by atoms with Crippen LogP contribution in [-0.2, 0) is 6.54 Å². The predicted molar refractivity (Wildman–Crippen MR) is 88.1 cm³/mol. The molecule has 1 aromatic heterocycles. The van der Waals surface area contributed by atoms with E-state index in [0.717, 1.165) is 16.4 Å². The number of carbonyl (C=O) groups is 1. The SMILES string of the molecule is CN(C)c1nc(CNC(=O)N[C@H](CO)c2ccccc2)cs1. The number of hydrogen-bond donors (Lipinski definition) is 3. The monoisotopic (exact) mass is 320 g/mol. The zero-order valence-electron chi connectivity index (χ0n) is 12.6. The van der Waals surface area contributed by atoms with Crippen LogP contribution in [0.25, 0.3) is 0 Å². The number of thiazole rings is 1. The minimum atomic E-state index is -0.422. The second-order valence-corrected chi connectivity index (χ2v) is 5.83. The van der Waals surface area contributed by atoms with Crippen LogP contribution in [0.15, 0.2) is 35.7 Å². The van der Waals surface area contributed by atoms with Crippen molar-refractivity contribution in [3.63, 3.8) is 0 Å². The molecule has 1 atom stereocenters. The van der Waals surface area contributed by atoms with E-state index in [4.69, 9.17) is 0 Å². The van der Waals surface area contributed by atoms with E-state index in [1.165, 1.54) is 11.3 Å².